The van der Waals surface area contributed by atoms with Crippen LogP contribution in [-0.4, -0.2) is 42.0 Å². The van der Waals surface area contributed by atoms with Crippen molar-refractivity contribution in [3.63, 3.8) is 0 Å². The summed E-state index contributed by atoms with van der Waals surface area (Å²) in [6.07, 6.45) is 4.36. The first-order chi connectivity index (χ1) is 15.5. The van der Waals surface area contributed by atoms with Gasteiger partial charge in [0.2, 0.25) is 0 Å². The predicted molar refractivity (Wildman–Crippen MR) is 135 cm³/mol. The van der Waals surface area contributed by atoms with Crippen LogP contribution >= 0.6 is 35.6 Å². The maximum absolute atomic E-state index is 12.5. The van der Waals surface area contributed by atoms with E-state index < -0.39 is 0 Å². The summed E-state index contributed by atoms with van der Waals surface area (Å²) in [5.74, 6) is 1.80. The van der Waals surface area contributed by atoms with Crippen LogP contribution in [0.4, 0.5) is 0 Å². The number of carbonyl (C=O) groups is 1. The van der Waals surface area contributed by atoms with Crippen LogP contribution in [0.2, 0.25) is 5.02 Å². The van der Waals surface area contributed by atoms with E-state index in [0.29, 0.717) is 56.8 Å². The molecule has 1 fully saturated rings. The molecular formula is C24H24ClNO4S2. The normalized spacial score (nSPS) is 14.7. The number of thiocarbonyl (C=S) groups is 1. The van der Waals surface area contributed by atoms with Crippen molar-refractivity contribution in [1.29, 1.82) is 0 Å². The number of likely N-dealkylation sites (N-methyl/N-ethyl adjacent to an activating group) is 1. The lowest BCUT2D eigenvalue weighted by Gasteiger charge is -2.14. The fourth-order valence-electron chi connectivity index (χ4n) is 3.11. The van der Waals surface area contributed by atoms with Crippen LogP contribution in [0, 0.1) is 0 Å². The number of rotatable bonds is 10. The Morgan fingerprint density at radius 2 is 1.84 bits per heavy atom. The molecule has 5 nitrogen and oxygen atoms in total. The van der Waals surface area contributed by atoms with Gasteiger partial charge in [0, 0.05) is 17.1 Å². The fraction of sp³-hybridized carbons (Fsp3) is 0.250. The molecule has 0 aliphatic carbocycles. The third kappa shape index (κ3) is 5.85. The van der Waals surface area contributed by atoms with Gasteiger partial charge in [-0.1, -0.05) is 47.7 Å². The second-order valence-electron chi connectivity index (χ2n) is 6.78. The first kappa shape index (κ1) is 24.2. The Hall–Kier alpha value is -2.48. The molecule has 0 saturated carbocycles. The third-order valence-electron chi connectivity index (χ3n) is 4.65. The SMILES string of the molecule is C=CCc1ccc(OCCOc2ccc(Cl)cc2/C=C2\SC(=S)N(CC)C2=O)c(OC)c1. The molecule has 0 atom stereocenters. The number of thioether (sulfide) groups is 1. The number of nitrogens with zero attached hydrogens (tertiary/aromatic N) is 1. The smallest absolute Gasteiger partial charge is 0.266 e. The molecule has 0 bridgehead atoms. The van der Waals surface area contributed by atoms with Gasteiger partial charge in [-0.2, -0.15) is 0 Å². The van der Waals surface area contributed by atoms with Gasteiger partial charge in [0.15, 0.2) is 11.5 Å². The highest BCUT2D eigenvalue weighted by Crippen LogP contribution is 2.35. The van der Waals surface area contributed by atoms with E-state index in [-0.39, 0.29) is 5.91 Å². The number of benzene rings is 2. The van der Waals surface area contributed by atoms with Crippen LogP contribution in [0.3, 0.4) is 0 Å². The van der Waals surface area contributed by atoms with E-state index in [4.69, 9.17) is 38.0 Å². The Kier molecular flexibility index (Phi) is 8.61. The van der Waals surface area contributed by atoms with Gasteiger partial charge in [0.1, 0.15) is 23.3 Å². The number of ether oxygens (including phenoxy) is 3. The number of carbonyl (C=O) groups excluding carboxylic acids is 1. The summed E-state index contributed by atoms with van der Waals surface area (Å²) in [6, 6.07) is 11.1. The van der Waals surface area contributed by atoms with Crippen molar-refractivity contribution >= 4 is 51.9 Å². The highest BCUT2D eigenvalue weighted by Gasteiger charge is 2.30. The molecule has 0 spiro atoms. The first-order valence-corrected chi connectivity index (χ1v) is 11.7. The summed E-state index contributed by atoms with van der Waals surface area (Å²) in [7, 11) is 1.61. The number of methoxy groups -OCH3 is 1. The van der Waals surface area contributed by atoms with E-state index >= 15 is 0 Å². The molecule has 3 rings (SSSR count). The number of halogens is 1. The van der Waals surface area contributed by atoms with Crippen LogP contribution in [0.1, 0.15) is 18.1 Å². The van der Waals surface area contributed by atoms with E-state index in [2.05, 4.69) is 6.58 Å². The molecule has 168 valence electrons. The average molecular weight is 490 g/mol. The Balaban J connectivity index is 1.67. The van der Waals surface area contributed by atoms with Crippen molar-refractivity contribution in [2.45, 2.75) is 13.3 Å². The molecule has 1 heterocycles. The zero-order valence-electron chi connectivity index (χ0n) is 17.9. The molecule has 2 aromatic carbocycles. The number of allylic oxidation sites excluding steroid dienone is 1. The summed E-state index contributed by atoms with van der Waals surface area (Å²) < 4.78 is 17.7. The molecule has 0 N–H and O–H groups in total. The largest absolute Gasteiger partial charge is 0.493 e. The monoisotopic (exact) mass is 489 g/mol. The number of hydrogen-bond donors (Lipinski definition) is 0. The molecule has 0 aromatic heterocycles. The molecular weight excluding hydrogens is 466 g/mol. The number of amides is 1. The van der Waals surface area contributed by atoms with E-state index in [1.165, 1.54) is 11.8 Å². The van der Waals surface area contributed by atoms with Crippen molar-refractivity contribution in [2.24, 2.45) is 0 Å². The fourth-order valence-corrected chi connectivity index (χ4v) is 4.66. The summed E-state index contributed by atoms with van der Waals surface area (Å²) in [6.45, 7) is 6.80. The summed E-state index contributed by atoms with van der Waals surface area (Å²) in [5.41, 5.74) is 1.81. The minimum Gasteiger partial charge on any atom is -0.493 e. The lowest BCUT2D eigenvalue weighted by atomic mass is 10.1. The first-order valence-electron chi connectivity index (χ1n) is 10.0. The second-order valence-corrected chi connectivity index (χ2v) is 8.90. The lowest BCUT2D eigenvalue weighted by Crippen LogP contribution is -2.27. The maximum Gasteiger partial charge on any atom is 0.266 e. The van der Waals surface area contributed by atoms with E-state index in [1.807, 2.05) is 31.2 Å². The van der Waals surface area contributed by atoms with Gasteiger partial charge in [0.05, 0.1) is 12.0 Å². The molecule has 2 aromatic rings. The highest BCUT2D eigenvalue weighted by atomic mass is 35.5. The van der Waals surface area contributed by atoms with Crippen LogP contribution in [0.25, 0.3) is 6.08 Å². The minimum atomic E-state index is -0.108. The topological polar surface area (TPSA) is 48.0 Å². The standard InChI is InChI=1S/C24H24ClNO4S2/c1-4-6-16-7-9-20(21(13-16)28-3)30-12-11-29-19-10-8-18(25)14-17(19)15-22-23(27)26(5-2)24(31)32-22/h4,7-10,13-15H,1,5-6,11-12H2,2-3H3/b22-15-. The van der Waals surface area contributed by atoms with Crippen LogP contribution < -0.4 is 14.2 Å². The van der Waals surface area contributed by atoms with Gasteiger partial charge in [0.25, 0.3) is 5.91 Å². The summed E-state index contributed by atoms with van der Waals surface area (Å²) in [5, 5.41) is 0.551. The van der Waals surface area contributed by atoms with Crippen LogP contribution in [0.5, 0.6) is 17.2 Å². The van der Waals surface area contributed by atoms with Crippen molar-refractivity contribution in [2.75, 3.05) is 26.9 Å². The minimum absolute atomic E-state index is 0.108. The molecule has 0 radical (unpaired) electrons. The molecule has 1 saturated heterocycles. The summed E-state index contributed by atoms with van der Waals surface area (Å²) >= 11 is 12.7. The second kappa shape index (κ2) is 11.4. The molecule has 1 amide bonds. The molecule has 32 heavy (non-hydrogen) atoms. The van der Waals surface area contributed by atoms with Gasteiger partial charge in [-0.15, -0.1) is 6.58 Å². The lowest BCUT2D eigenvalue weighted by molar-refractivity contribution is -0.121. The molecule has 0 unspecified atom stereocenters. The molecule has 8 heteroatoms. The Labute approximate surface area is 203 Å². The maximum atomic E-state index is 12.5. The van der Waals surface area contributed by atoms with Crippen molar-refractivity contribution in [3.8, 4) is 17.2 Å². The average Bonchev–Trinajstić information content (AvgIpc) is 3.05. The zero-order chi connectivity index (χ0) is 23.1. The van der Waals surface area contributed by atoms with Gasteiger partial charge >= 0.3 is 0 Å². The van der Waals surface area contributed by atoms with Crippen LogP contribution in [0.15, 0.2) is 54.0 Å². The highest BCUT2D eigenvalue weighted by molar-refractivity contribution is 8.26. The Morgan fingerprint density at radius 1 is 1.12 bits per heavy atom. The van der Waals surface area contributed by atoms with Crippen molar-refractivity contribution in [1.82, 2.24) is 4.90 Å². The quantitative estimate of drug-likeness (QED) is 0.183. The van der Waals surface area contributed by atoms with Gasteiger partial charge < -0.3 is 14.2 Å². The van der Waals surface area contributed by atoms with Gasteiger partial charge in [-0.25, -0.2) is 0 Å². The van der Waals surface area contributed by atoms with Crippen LogP contribution in [-0.2, 0) is 11.2 Å². The van der Waals surface area contributed by atoms with Gasteiger partial charge in [-0.3, -0.25) is 9.69 Å². The summed E-state index contributed by atoms with van der Waals surface area (Å²) in [4.78, 5) is 14.6. The predicted octanol–water partition coefficient (Wildman–Crippen LogP) is 5.76. The van der Waals surface area contributed by atoms with Gasteiger partial charge in [-0.05, 0) is 55.3 Å². The van der Waals surface area contributed by atoms with E-state index in [9.17, 15) is 4.79 Å². The third-order valence-corrected chi connectivity index (χ3v) is 6.27. The van der Waals surface area contributed by atoms with E-state index in [0.717, 1.165) is 12.0 Å². The molecule has 1 aliphatic heterocycles. The van der Waals surface area contributed by atoms with Crippen molar-refractivity contribution in [3.05, 3.63) is 70.1 Å². The number of hydrogen-bond acceptors (Lipinski definition) is 6. The Morgan fingerprint density at radius 3 is 2.50 bits per heavy atom. The Bertz CT molecular complexity index is 1050. The zero-order valence-corrected chi connectivity index (χ0v) is 20.3. The van der Waals surface area contributed by atoms with Crippen molar-refractivity contribution < 1.29 is 19.0 Å². The molecule has 1 aliphatic rings. The van der Waals surface area contributed by atoms with E-state index in [1.54, 1.807) is 36.3 Å².